The maximum atomic E-state index is 13.5. The Hall–Kier alpha value is -3.03. The third-order valence-electron chi connectivity index (χ3n) is 6.12. The number of ether oxygens (including phenoxy) is 5. The average molecular weight is 594 g/mol. The number of anilines is 1. The molecule has 0 saturated heterocycles. The van der Waals surface area contributed by atoms with Gasteiger partial charge in [0, 0.05) is 16.0 Å². The molecule has 0 aliphatic carbocycles. The molecule has 39 heavy (non-hydrogen) atoms. The molecule has 3 heterocycles. The summed E-state index contributed by atoms with van der Waals surface area (Å²) in [7, 11) is 4.79. The van der Waals surface area contributed by atoms with Crippen LogP contribution in [0, 0.1) is 0 Å². The summed E-state index contributed by atoms with van der Waals surface area (Å²) in [6, 6.07) is 5.48. The number of fused-ring (bicyclic) bond motifs is 3. The molecule has 1 aromatic carbocycles. The van der Waals surface area contributed by atoms with Gasteiger partial charge in [0.25, 0.3) is 0 Å². The topological polar surface area (TPSA) is 126 Å². The standard InChI is InChI=1S/C26H27NO9S3/c1-8-36-13-11-9-10-12-14-20(25(2,3)27-16(12)13)37-17(22(29)33-5)15(21(28)32-4)26(14)38-18(23(30)34-6)19(39-26)24(31)35-7/h9-11,27H,8H2,1-7H3. The fraction of sp³-hybridized carbons (Fsp3) is 0.385. The molecule has 0 unspecified atom stereocenters. The Morgan fingerprint density at radius 1 is 0.821 bits per heavy atom. The van der Waals surface area contributed by atoms with Gasteiger partial charge in [-0.2, -0.15) is 0 Å². The van der Waals surface area contributed by atoms with Crippen LogP contribution in [0.5, 0.6) is 5.75 Å². The van der Waals surface area contributed by atoms with Gasteiger partial charge in [0.2, 0.25) is 0 Å². The van der Waals surface area contributed by atoms with Crippen molar-refractivity contribution < 1.29 is 42.9 Å². The lowest BCUT2D eigenvalue weighted by Crippen LogP contribution is -2.44. The van der Waals surface area contributed by atoms with E-state index in [1.165, 1.54) is 28.4 Å². The molecule has 0 amide bonds. The van der Waals surface area contributed by atoms with E-state index in [0.29, 0.717) is 34.1 Å². The van der Waals surface area contributed by atoms with Crippen molar-refractivity contribution in [1.29, 1.82) is 0 Å². The number of carbonyl (C=O) groups excluding carboxylic acids is 4. The zero-order valence-corrected chi connectivity index (χ0v) is 24.8. The first-order chi connectivity index (χ1) is 18.5. The minimum absolute atomic E-state index is 0.0160. The summed E-state index contributed by atoms with van der Waals surface area (Å²) >= 11 is 2.95. The van der Waals surface area contributed by atoms with Crippen molar-refractivity contribution in [2.75, 3.05) is 40.4 Å². The lowest BCUT2D eigenvalue weighted by Gasteiger charge is -2.46. The summed E-state index contributed by atoms with van der Waals surface area (Å²) in [5.41, 5.74) is 1.09. The van der Waals surface area contributed by atoms with Crippen LogP contribution in [0.2, 0.25) is 0 Å². The zero-order valence-electron chi connectivity index (χ0n) is 22.3. The van der Waals surface area contributed by atoms with Crippen LogP contribution in [0.4, 0.5) is 5.69 Å². The van der Waals surface area contributed by atoms with Gasteiger partial charge in [-0.05, 0) is 26.8 Å². The molecule has 208 valence electrons. The van der Waals surface area contributed by atoms with Gasteiger partial charge in [-0.15, -0.1) is 0 Å². The number of esters is 4. The van der Waals surface area contributed by atoms with Gasteiger partial charge >= 0.3 is 23.9 Å². The molecule has 0 bridgehead atoms. The van der Waals surface area contributed by atoms with Crippen molar-refractivity contribution in [3.63, 3.8) is 0 Å². The average Bonchev–Trinajstić information content (AvgIpc) is 3.31. The van der Waals surface area contributed by atoms with Gasteiger partial charge in [0.15, 0.2) is 0 Å². The van der Waals surface area contributed by atoms with Crippen LogP contribution >= 0.6 is 35.3 Å². The lowest BCUT2D eigenvalue weighted by molar-refractivity contribution is -0.138. The number of para-hydroxylation sites is 1. The first-order valence-electron chi connectivity index (χ1n) is 11.7. The van der Waals surface area contributed by atoms with Gasteiger partial charge < -0.3 is 29.0 Å². The molecule has 0 atom stereocenters. The van der Waals surface area contributed by atoms with E-state index >= 15 is 0 Å². The number of benzene rings is 1. The van der Waals surface area contributed by atoms with E-state index in [-0.39, 0.29) is 20.3 Å². The number of nitrogens with one attached hydrogen (secondary N) is 1. The quantitative estimate of drug-likeness (QED) is 0.376. The van der Waals surface area contributed by atoms with Crippen LogP contribution in [-0.2, 0) is 38.1 Å². The highest BCUT2D eigenvalue weighted by molar-refractivity contribution is 8.26. The summed E-state index contributed by atoms with van der Waals surface area (Å²) in [4.78, 5) is 53.2. The Labute approximate surface area is 238 Å². The normalized spacial score (nSPS) is 18.6. The molecule has 3 aliphatic heterocycles. The first-order valence-corrected chi connectivity index (χ1v) is 14.1. The summed E-state index contributed by atoms with van der Waals surface area (Å²) in [6.45, 7) is 6.13. The Morgan fingerprint density at radius 2 is 1.36 bits per heavy atom. The van der Waals surface area contributed by atoms with Gasteiger partial charge in [0.05, 0.1) is 51.8 Å². The fourth-order valence-corrected chi connectivity index (χ4v) is 9.53. The van der Waals surface area contributed by atoms with Crippen molar-refractivity contribution in [3.05, 3.63) is 49.0 Å². The van der Waals surface area contributed by atoms with E-state index in [2.05, 4.69) is 5.32 Å². The highest BCUT2D eigenvalue weighted by Crippen LogP contribution is 2.70. The predicted octanol–water partition coefficient (Wildman–Crippen LogP) is 4.08. The Bertz CT molecular complexity index is 1350. The summed E-state index contributed by atoms with van der Waals surface area (Å²) in [5.74, 6) is -2.57. The van der Waals surface area contributed by atoms with E-state index in [9.17, 15) is 19.2 Å². The SMILES string of the molecule is CCOc1cccc2c1NC(C)(C)C1=C2C2(SC(C(=O)OC)=C(C(=O)OC)S2)C(C(=O)OC)=C(C(=O)OC)S1. The largest absolute Gasteiger partial charge is 0.492 e. The molecule has 0 fully saturated rings. The van der Waals surface area contributed by atoms with E-state index in [0.717, 1.165) is 35.3 Å². The van der Waals surface area contributed by atoms with Gasteiger partial charge in [-0.25, -0.2) is 19.2 Å². The minimum Gasteiger partial charge on any atom is -0.492 e. The summed E-state index contributed by atoms with van der Waals surface area (Å²) in [6.07, 6.45) is 0. The Balaban J connectivity index is 2.13. The van der Waals surface area contributed by atoms with Crippen molar-refractivity contribution in [1.82, 2.24) is 0 Å². The smallest absolute Gasteiger partial charge is 0.345 e. The van der Waals surface area contributed by atoms with E-state index < -0.39 is 33.5 Å². The zero-order chi connectivity index (χ0) is 28.7. The third kappa shape index (κ3) is 4.59. The fourth-order valence-electron chi connectivity index (χ4n) is 4.51. The predicted molar refractivity (Wildman–Crippen MR) is 150 cm³/mol. The number of hydrogen-bond donors (Lipinski definition) is 1. The van der Waals surface area contributed by atoms with Crippen LogP contribution < -0.4 is 10.1 Å². The van der Waals surface area contributed by atoms with E-state index in [1.54, 1.807) is 0 Å². The van der Waals surface area contributed by atoms with Crippen LogP contribution in [0.1, 0.15) is 26.3 Å². The molecule has 0 aromatic heterocycles. The van der Waals surface area contributed by atoms with Gasteiger partial charge in [0.1, 0.15) is 24.5 Å². The van der Waals surface area contributed by atoms with Gasteiger partial charge in [-0.3, -0.25) is 0 Å². The maximum Gasteiger partial charge on any atom is 0.345 e. The highest BCUT2D eigenvalue weighted by Gasteiger charge is 2.60. The van der Waals surface area contributed by atoms with Crippen molar-refractivity contribution in [2.24, 2.45) is 0 Å². The highest BCUT2D eigenvalue weighted by atomic mass is 32.2. The molecule has 13 heteroatoms. The Morgan fingerprint density at radius 3 is 1.87 bits per heavy atom. The number of thioether (sulfide) groups is 3. The molecule has 1 N–H and O–H groups in total. The van der Waals surface area contributed by atoms with Crippen LogP contribution in [0.3, 0.4) is 0 Å². The second-order valence-corrected chi connectivity index (χ2v) is 12.5. The molecule has 3 aliphatic rings. The van der Waals surface area contributed by atoms with E-state index in [4.69, 9.17) is 23.7 Å². The summed E-state index contributed by atoms with van der Waals surface area (Å²) in [5, 5.41) is 3.51. The first kappa shape index (κ1) is 29.0. The monoisotopic (exact) mass is 593 g/mol. The number of methoxy groups -OCH3 is 4. The molecule has 0 saturated carbocycles. The summed E-state index contributed by atoms with van der Waals surface area (Å²) < 4.78 is 24.6. The van der Waals surface area contributed by atoms with Crippen LogP contribution in [0.25, 0.3) is 5.57 Å². The number of rotatable bonds is 6. The molecule has 0 radical (unpaired) electrons. The molecule has 1 aromatic rings. The molecule has 4 rings (SSSR count). The lowest BCUT2D eigenvalue weighted by atomic mass is 9.85. The molecule has 10 nitrogen and oxygen atoms in total. The molecule has 1 spiro atoms. The van der Waals surface area contributed by atoms with Gasteiger partial charge in [-0.1, -0.05) is 47.4 Å². The molecular formula is C26H27NO9S3. The van der Waals surface area contributed by atoms with Crippen LogP contribution in [-0.4, -0.2) is 68.5 Å². The van der Waals surface area contributed by atoms with Crippen molar-refractivity contribution in [3.8, 4) is 5.75 Å². The molecular weight excluding hydrogens is 566 g/mol. The second kappa shape index (κ2) is 10.9. The van der Waals surface area contributed by atoms with E-state index in [1.807, 2.05) is 39.0 Å². The second-order valence-electron chi connectivity index (χ2n) is 8.82. The van der Waals surface area contributed by atoms with Crippen LogP contribution in [0.15, 0.2) is 43.4 Å². The number of carbonyl (C=O) groups is 4. The minimum atomic E-state index is -1.52. The number of hydrogen-bond acceptors (Lipinski definition) is 13. The third-order valence-corrected chi connectivity index (χ3v) is 10.8. The Kier molecular flexibility index (Phi) is 8.06. The maximum absolute atomic E-state index is 13.5. The van der Waals surface area contributed by atoms with Crippen molar-refractivity contribution in [2.45, 2.75) is 30.4 Å². The van der Waals surface area contributed by atoms with Crippen molar-refractivity contribution >= 4 is 70.4 Å².